The molecule has 6 nitrogen and oxygen atoms in total. The number of esters is 2. The smallest absolute Gasteiger partial charge is 0.306 e. The molecule has 49 heavy (non-hydrogen) atoms. The van der Waals surface area contributed by atoms with E-state index in [1.54, 1.807) is 0 Å². The SMILES string of the molecule is CCCCCC/C=C/COC(=O)CCCCCCCC(CCCCCCCC(=O)OC/C=C/CCCCCC)CN(CC)CCN(C)CC. The maximum atomic E-state index is 12.1. The molecule has 0 amide bonds. The third-order valence-electron chi connectivity index (χ3n) is 9.75. The molecule has 0 saturated heterocycles. The number of ether oxygens (including phenoxy) is 2. The van der Waals surface area contributed by atoms with E-state index in [1.807, 2.05) is 12.2 Å². The molecule has 0 bridgehead atoms. The third-order valence-corrected chi connectivity index (χ3v) is 9.75. The molecule has 0 saturated carbocycles. The monoisotopic (exact) mass is 691 g/mol. The van der Waals surface area contributed by atoms with Gasteiger partial charge in [-0.1, -0.05) is 142 Å². The van der Waals surface area contributed by atoms with Crippen LogP contribution in [0, 0.1) is 5.92 Å². The molecule has 0 fully saturated rings. The van der Waals surface area contributed by atoms with E-state index in [4.69, 9.17) is 9.47 Å². The second kappa shape index (κ2) is 37.6. The van der Waals surface area contributed by atoms with Crippen molar-refractivity contribution in [3.05, 3.63) is 24.3 Å². The molecule has 288 valence electrons. The highest BCUT2D eigenvalue weighted by atomic mass is 16.5. The summed E-state index contributed by atoms with van der Waals surface area (Å²) in [5.74, 6) is 0.636. The van der Waals surface area contributed by atoms with Gasteiger partial charge in [-0.05, 0) is 77.4 Å². The van der Waals surface area contributed by atoms with Gasteiger partial charge in [-0.15, -0.1) is 0 Å². The van der Waals surface area contributed by atoms with Crippen LogP contribution in [0.15, 0.2) is 24.3 Å². The summed E-state index contributed by atoms with van der Waals surface area (Å²) in [5.41, 5.74) is 0. The number of rotatable bonds is 37. The van der Waals surface area contributed by atoms with Gasteiger partial charge in [-0.2, -0.15) is 0 Å². The highest BCUT2D eigenvalue weighted by molar-refractivity contribution is 5.69. The van der Waals surface area contributed by atoms with Crippen LogP contribution in [0.3, 0.4) is 0 Å². The maximum Gasteiger partial charge on any atom is 0.306 e. The summed E-state index contributed by atoms with van der Waals surface area (Å²) in [7, 11) is 2.21. The molecule has 0 aliphatic rings. The number of hydrogen-bond donors (Lipinski definition) is 0. The molecule has 0 rings (SSSR count). The van der Waals surface area contributed by atoms with Gasteiger partial charge in [-0.3, -0.25) is 9.59 Å². The van der Waals surface area contributed by atoms with Crippen molar-refractivity contribution in [1.82, 2.24) is 9.80 Å². The predicted molar refractivity (Wildman–Crippen MR) is 211 cm³/mol. The number of unbranched alkanes of at least 4 members (excludes halogenated alkanes) is 16. The zero-order valence-electron chi connectivity index (χ0n) is 33.3. The Kier molecular flexibility index (Phi) is 36.3. The van der Waals surface area contributed by atoms with Gasteiger partial charge >= 0.3 is 11.9 Å². The van der Waals surface area contributed by atoms with E-state index in [-0.39, 0.29) is 11.9 Å². The second-order valence-electron chi connectivity index (χ2n) is 14.3. The van der Waals surface area contributed by atoms with Crippen molar-refractivity contribution in [3.63, 3.8) is 0 Å². The summed E-state index contributed by atoms with van der Waals surface area (Å²) in [6, 6.07) is 0. The Balaban J connectivity index is 4.22. The van der Waals surface area contributed by atoms with Crippen LogP contribution >= 0.6 is 0 Å². The fourth-order valence-corrected chi connectivity index (χ4v) is 6.18. The minimum atomic E-state index is -0.0553. The van der Waals surface area contributed by atoms with E-state index in [9.17, 15) is 9.59 Å². The Morgan fingerprint density at radius 3 is 1.43 bits per heavy atom. The normalized spacial score (nSPS) is 12.0. The molecular weight excluding hydrogens is 608 g/mol. The van der Waals surface area contributed by atoms with Gasteiger partial charge in [0.25, 0.3) is 0 Å². The van der Waals surface area contributed by atoms with E-state index in [2.05, 4.69) is 56.7 Å². The predicted octanol–water partition coefficient (Wildman–Crippen LogP) is 11.5. The lowest BCUT2D eigenvalue weighted by Crippen LogP contribution is -2.36. The molecular formula is C43H82N2O4. The summed E-state index contributed by atoms with van der Waals surface area (Å²) in [4.78, 5) is 29.2. The molecule has 0 unspecified atom stereocenters. The van der Waals surface area contributed by atoms with Crippen molar-refractivity contribution in [1.29, 1.82) is 0 Å². The lowest BCUT2D eigenvalue weighted by Gasteiger charge is -2.28. The highest BCUT2D eigenvalue weighted by Gasteiger charge is 2.14. The van der Waals surface area contributed by atoms with Crippen LogP contribution in [0.1, 0.15) is 182 Å². The minimum absolute atomic E-state index is 0.0553. The number of allylic oxidation sites excluding steroid dienone is 2. The van der Waals surface area contributed by atoms with Gasteiger partial charge in [0, 0.05) is 32.5 Å². The number of carbonyl (C=O) groups excluding carboxylic acids is 2. The summed E-state index contributed by atoms with van der Waals surface area (Å²) < 4.78 is 10.7. The molecule has 0 aromatic rings. The van der Waals surface area contributed by atoms with Gasteiger partial charge in [0.1, 0.15) is 13.2 Å². The second-order valence-corrected chi connectivity index (χ2v) is 14.3. The third kappa shape index (κ3) is 34.6. The fourth-order valence-electron chi connectivity index (χ4n) is 6.18. The van der Waals surface area contributed by atoms with Crippen LogP contribution in [0.4, 0.5) is 0 Å². The molecule has 0 atom stereocenters. The molecule has 0 N–H and O–H groups in total. The Morgan fingerprint density at radius 2 is 0.980 bits per heavy atom. The molecule has 0 aromatic heterocycles. The van der Waals surface area contributed by atoms with E-state index in [0.717, 1.165) is 70.6 Å². The van der Waals surface area contributed by atoms with Crippen LogP contribution in [-0.4, -0.2) is 74.7 Å². The average molecular weight is 691 g/mol. The van der Waals surface area contributed by atoms with Gasteiger partial charge in [0.05, 0.1) is 0 Å². The van der Waals surface area contributed by atoms with Gasteiger partial charge < -0.3 is 19.3 Å². The van der Waals surface area contributed by atoms with Crippen LogP contribution in [0.5, 0.6) is 0 Å². The molecule has 0 aromatic carbocycles. The van der Waals surface area contributed by atoms with Gasteiger partial charge in [-0.25, -0.2) is 0 Å². The van der Waals surface area contributed by atoms with Gasteiger partial charge in [0.2, 0.25) is 0 Å². The number of nitrogens with zero attached hydrogens (tertiary/aromatic N) is 2. The summed E-state index contributed by atoms with van der Waals surface area (Å²) in [6.07, 6.45) is 35.9. The fraction of sp³-hybridized carbons (Fsp3) is 0.860. The van der Waals surface area contributed by atoms with Crippen molar-refractivity contribution in [2.45, 2.75) is 182 Å². The Morgan fingerprint density at radius 1 is 0.531 bits per heavy atom. The first kappa shape index (κ1) is 47.3. The first-order valence-electron chi connectivity index (χ1n) is 21.0. The molecule has 0 aliphatic carbocycles. The van der Waals surface area contributed by atoms with Crippen molar-refractivity contribution in [2.75, 3.05) is 53.0 Å². The van der Waals surface area contributed by atoms with Crippen LogP contribution in [0.25, 0.3) is 0 Å². The zero-order chi connectivity index (χ0) is 36.0. The molecule has 0 radical (unpaired) electrons. The molecule has 0 aliphatic heterocycles. The van der Waals surface area contributed by atoms with Crippen molar-refractivity contribution in [2.24, 2.45) is 5.92 Å². The Hall–Kier alpha value is -1.66. The minimum Gasteiger partial charge on any atom is -0.461 e. The lowest BCUT2D eigenvalue weighted by molar-refractivity contribution is -0.143. The first-order chi connectivity index (χ1) is 24.0. The number of likely N-dealkylation sites (N-methyl/N-ethyl adjacent to an activating group) is 2. The largest absolute Gasteiger partial charge is 0.461 e. The van der Waals surface area contributed by atoms with Crippen molar-refractivity contribution in [3.8, 4) is 0 Å². The Labute approximate surface area is 305 Å². The standard InChI is InChI=1S/C43H82N2O4/c1-6-10-12-14-16-24-30-38-48-42(46)34-28-22-18-20-26-32-41(40-45(9-4)37-36-44(5)8-3)33-27-21-19-23-29-35-43(47)49-39-31-25-17-15-13-11-7-2/h24-25,30-31,41H,6-23,26-29,32-40H2,1-5H3/b30-24+,31-25+. The Bertz CT molecular complexity index is 732. The number of carbonyl (C=O) groups is 2. The summed E-state index contributed by atoms with van der Waals surface area (Å²) in [6.45, 7) is 15.5. The van der Waals surface area contributed by atoms with E-state index < -0.39 is 0 Å². The lowest BCUT2D eigenvalue weighted by atomic mass is 9.93. The molecule has 0 spiro atoms. The number of hydrogen-bond acceptors (Lipinski definition) is 6. The topological polar surface area (TPSA) is 59.1 Å². The van der Waals surface area contributed by atoms with E-state index >= 15 is 0 Å². The van der Waals surface area contributed by atoms with Crippen molar-refractivity contribution < 1.29 is 19.1 Å². The maximum absolute atomic E-state index is 12.1. The van der Waals surface area contributed by atoms with E-state index in [0.29, 0.717) is 26.1 Å². The zero-order valence-corrected chi connectivity index (χ0v) is 33.3. The van der Waals surface area contributed by atoms with E-state index in [1.165, 1.54) is 109 Å². The van der Waals surface area contributed by atoms with Crippen molar-refractivity contribution >= 4 is 11.9 Å². The van der Waals surface area contributed by atoms with Crippen LogP contribution in [0.2, 0.25) is 0 Å². The molecule has 6 heteroatoms. The highest BCUT2D eigenvalue weighted by Crippen LogP contribution is 2.21. The first-order valence-corrected chi connectivity index (χ1v) is 21.0. The molecule has 0 heterocycles. The van der Waals surface area contributed by atoms with Crippen LogP contribution < -0.4 is 0 Å². The quantitative estimate of drug-likeness (QED) is 0.0367. The van der Waals surface area contributed by atoms with Gasteiger partial charge in [0.15, 0.2) is 0 Å². The summed E-state index contributed by atoms with van der Waals surface area (Å²) in [5, 5.41) is 0. The van der Waals surface area contributed by atoms with Crippen LogP contribution in [-0.2, 0) is 19.1 Å². The average Bonchev–Trinajstić information content (AvgIpc) is 3.10. The summed E-state index contributed by atoms with van der Waals surface area (Å²) >= 11 is 0.